The van der Waals surface area contributed by atoms with E-state index in [1.165, 1.54) is 4.68 Å². The third-order valence-electron chi connectivity index (χ3n) is 6.20. The van der Waals surface area contributed by atoms with Crippen LogP contribution in [-0.2, 0) is 19.6 Å². The lowest BCUT2D eigenvalue weighted by atomic mass is 9.98. The van der Waals surface area contributed by atoms with Gasteiger partial charge in [-0.25, -0.2) is 4.79 Å². The Labute approximate surface area is 208 Å². The molecule has 0 atom stereocenters. The molecule has 182 valence electrons. The molecule has 0 aliphatic heterocycles. The molecule has 2 aromatic heterocycles. The van der Waals surface area contributed by atoms with Crippen molar-refractivity contribution in [2.75, 3.05) is 0 Å². The minimum atomic E-state index is -0.214. The summed E-state index contributed by atoms with van der Waals surface area (Å²) in [5, 5.41) is 28.8. The molecule has 0 saturated carbocycles. The first-order valence-electron chi connectivity index (χ1n) is 12.0. The number of H-pyrrole nitrogens is 1. The topological polar surface area (TPSA) is 115 Å². The lowest BCUT2D eigenvalue weighted by Gasteiger charge is -2.09. The van der Waals surface area contributed by atoms with Crippen molar-refractivity contribution >= 4 is 0 Å². The molecule has 9 heteroatoms. The van der Waals surface area contributed by atoms with E-state index in [0.717, 1.165) is 40.9 Å². The zero-order valence-electron chi connectivity index (χ0n) is 20.0. The number of tetrazole rings is 1. The second-order valence-corrected chi connectivity index (χ2v) is 8.57. The first-order valence-corrected chi connectivity index (χ1v) is 12.0. The number of aliphatic hydroxyl groups excluding tert-OH is 1. The summed E-state index contributed by atoms with van der Waals surface area (Å²) in [6.07, 6.45) is 2.64. The molecule has 0 spiro atoms. The van der Waals surface area contributed by atoms with Crippen LogP contribution in [0.25, 0.3) is 28.2 Å². The Morgan fingerprint density at radius 1 is 0.944 bits per heavy atom. The monoisotopic (exact) mass is 481 g/mol. The minimum absolute atomic E-state index is 0.160. The summed E-state index contributed by atoms with van der Waals surface area (Å²) in [6.45, 7) is 2.37. The maximum atomic E-state index is 13.4. The van der Waals surface area contributed by atoms with E-state index >= 15 is 0 Å². The van der Waals surface area contributed by atoms with E-state index in [9.17, 15) is 9.90 Å². The fraction of sp³-hybridized carbons (Fsp3) is 0.222. The van der Waals surface area contributed by atoms with Crippen molar-refractivity contribution in [3.8, 4) is 28.2 Å². The van der Waals surface area contributed by atoms with Gasteiger partial charge in [0.05, 0.1) is 18.8 Å². The van der Waals surface area contributed by atoms with Crippen LogP contribution in [0.4, 0.5) is 0 Å². The van der Waals surface area contributed by atoms with Gasteiger partial charge < -0.3 is 5.11 Å². The Hall–Kier alpha value is -4.37. The summed E-state index contributed by atoms with van der Waals surface area (Å²) >= 11 is 0. The number of hydrogen-bond acceptors (Lipinski definition) is 6. The van der Waals surface area contributed by atoms with E-state index in [0.29, 0.717) is 30.0 Å². The number of aromatic nitrogens is 7. The quantitative estimate of drug-likeness (QED) is 0.331. The van der Waals surface area contributed by atoms with Crippen LogP contribution in [0.1, 0.15) is 36.7 Å². The molecule has 0 saturated heterocycles. The molecule has 2 heterocycles. The molecule has 9 nitrogen and oxygen atoms in total. The molecule has 0 aliphatic rings. The van der Waals surface area contributed by atoms with Gasteiger partial charge in [0.25, 0.3) is 0 Å². The number of unbranched alkanes of at least 4 members (excludes halogenated alkanes) is 1. The summed E-state index contributed by atoms with van der Waals surface area (Å²) in [4.78, 5) is 13.4. The highest BCUT2D eigenvalue weighted by Crippen LogP contribution is 2.29. The van der Waals surface area contributed by atoms with Crippen LogP contribution < -0.4 is 5.69 Å². The Morgan fingerprint density at radius 2 is 1.69 bits per heavy atom. The van der Waals surface area contributed by atoms with E-state index in [1.807, 2.05) is 66.7 Å². The van der Waals surface area contributed by atoms with Crippen molar-refractivity contribution < 1.29 is 5.11 Å². The van der Waals surface area contributed by atoms with Crippen LogP contribution in [0.3, 0.4) is 0 Å². The molecule has 0 aliphatic carbocycles. The van der Waals surface area contributed by atoms with Crippen molar-refractivity contribution in [1.29, 1.82) is 0 Å². The third-order valence-corrected chi connectivity index (χ3v) is 6.20. The Bertz CT molecular complexity index is 1500. The second-order valence-electron chi connectivity index (χ2n) is 8.57. The lowest BCUT2D eigenvalue weighted by molar-refractivity contribution is 0.281. The highest BCUT2D eigenvalue weighted by Gasteiger charge is 2.17. The molecule has 0 amide bonds. The summed E-state index contributed by atoms with van der Waals surface area (Å²) < 4.78 is 3.14. The molecule has 2 N–H and O–H groups in total. The normalized spacial score (nSPS) is 11.2. The van der Waals surface area contributed by atoms with Crippen molar-refractivity contribution in [3.63, 3.8) is 0 Å². The fourth-order valence-electron chi connectivity index (χ4n) is 4.30. The van der Waals surface area contributed by atoms with Gasteiger partial charge in [0.15, 0.2) is 0 Å². The number of nitrogens with one attached hydrogen (secondary N) is 1. The number of nitrogens with zero attached hydrogens (tertiary/aromatic N) is 6. The van der Waals surface area contributed by atoms with Gasteiger partial charge in [-0.05, 0) is 34.4 Å². The van der Waals surface area contributed by atoms with E-state index < -0.39 is 0 Å². The van der Waals surface area contributed by atoms with Gasteiger partial charge in [-0.3, -0.25) is 4.57 Å². The Balaban J connectivity index is 1.48. The number of hydrogen-bond donors (Lipinski definition) is 2. The zero-order chi connectivity index (χ0) is 24.9. The summed E-state index contributed by atoms with van der Waals surface area (Å²) in [6, 6.07) is 23.3. The van der Waals surface area contributed by atoms with E-state index in [4.69, 9.17) is 0 Å². The molecule has 5 rings (SSSR count). The average Bonchev–Trinajstić information content (AvgIpc) is 3.57. The van der Waals surface area contributed by atoms with Crippen LogP contribution in [0.2, 0.25) is 0 Å². The van der Waals surface area contributed by atoms with Gasteiger partial charge in [0.1, 0.15) is 5.82 Å². The summed E-state index contributed by atoms with van der Waals surface area (Å²) in [5.74, 6) is 1.28. The summed E-state index contributed by atoms with van der Waals surface area (Å²) in [7, 11) is 0. The van der Waals surface area contributed by atoms with Crippen molar-refractivity contribution in [1.82, 2.24) is 35.0 Å². The van der Waals surface area contributed by atoms with Gasteiger partial charge in [-0.15, -0.1) is 15.3 Å². The van der Waals surface area contributed by atoms with Gasteiger partial charge in [-0.1, -0.05) is 80.1 Å². The van der Waals surface area contributed by atoms with Crippen LogP contribution in [-0.4, -0.2) is 40.1 Å². The zero-order valence-corrected chi connectivity index (χ0v) is 20.0. The molecule has 36 heavy (non-hydrogen) atoms. The number of benzene rings is 3. The van der Waals surface area contributed by atoms with Crippen molar-refractivity contribution in [2.45, 2.75) is 39.3 Å². The SMILES string of the molecule is CCCCc1nn(-c2ccccc2CO)c(=O)n1Cc1ccc(-c2ccccc2-c2nn[nH]n2)cc1. The highest BCUT2D eigenvalue weighted by molar-refractivity contribution is 5.80. The van der Waals surface area contributed by atoms with E-state index in [-0.39, 0.29) is 12.3 Å². The first-order chi connectivity index (χ1) is 17.7. The number of para-hydroxylation sites is 1. The molecule has 3 aromatic carbocycles. The predicted octanol–water partition coefficient (Wildman–Crippen LogP) is 3.76. The van der Waals surface area contributed by atoms with Crippen LogP contribution in [0, 0.1) is 0 Å². The van der Waals surface area contributed by atoms with Crippen LogP contribution in [0.5, 0.6) is 0 Å². The van der Waals surface area contributed by atoms with Crippen LogP contribution in [0.15, 0.2) is 77.6 Å². The second kappa shape index (κ2) is 10.5. The van der Waals surface area contributed by atoms with Crippen molar-refractivity contribution in [3.05, 3.63) is 100 Å². The molecule has 0 bridgehead atoms. The smallest absolute Gasteiger partial charge is 0.351 e. The molecule has 0 unspecified atom stereocenters. The molecular weight excluding hydrogens is 454 g/mol. The third kappa shape index (κ3) is 4.60. The standard InChI is InChI=1S/C27H27N7O2/c1-2-3-12-25-30-34(24-11-7-4-8-21(24)18-35)27(36)33(25)17-19-13-15-20(16-14-19)22-9-5-6-10-23(22)26-28-31-32-29-26/h4-11,13-16,35H,2-3,12,17-18H2,1H3,(H,28,29,31,32). The maximum absolute atomic E-state index is 13.4. The predicted molar refractivity (Wildman–Crippen MR) is 137 cm³/mol. The molecular formula is C27H27N7O2. The molecule has 0 fully saturated rings. The fourth-order valence-corrected chi connectivity index (χ4v) is 4.30. The lowest BCUT2D eigenvalue weighted by Crippen LogP contribution is -2.25. The maximum Gasteiger partial charge on any atom is 0.351 e. The number of aromatic amines is 1. The Morgan fingerprint density at radius 3 is 2.42 bits per heavy atom. The molecule has 0 radical (unpaired) electrons. The summed E-state index contributed by atoms with van der Waals surface area (Å²) in [5.41, 5.74) is 4.95. The van der Waals surface area contributed by atoms with Gasteiger partial charge >= 0.3 is 5.69 Å². The van der Waals surface area contributed by atoms with Gasteiger partial charge in [-0.2, -0.15) is 9.90 Å². The minimum Gasteiger partial charge on any atom is -0.392 e. The number of aryl methyl sites for hydroxylation is 1. The largest absolute Gasteiger partial charge is 0.392 e. The van der Waals surface area contributed by atoms with Gasteiger partial charge in [0.2, 0.25) is 5.82 Å². The highest BCUT2D eigenvalue weighted by atomic mass is 16.3. The Kier molecular flexibility index (Phi) is 6.81. The van der Waals surface area contributed by atoms with Crippen LogP contribution >= 0.6 is 0 Å². The molecule has 5 aromatic rings. The van der Waals surface area contributed by atoms with E-state index in [2.05, 4.69) is 32.6 Å². The first kappa shape index (κ1) is 23.4. The van der Waals surface area contributed by atoms with Crippen molar-refractivity contribution in [2.24, 2.45) is 0 Å². The van der Waals surface area contributed by atoms with E-state index in [1.54, 1.807) is 10.6 Å². The number of rotatable bonds is 9. The van der Waals surface area contributed by atoms with Gasteiger partial charge in [0, 0.05) is 17.5 Å². The average molecular weight is 482 g/mol. The number of aliphatic hydroxyl groups is 1.